The zero-order valence-corrected chi connectivity index (χ0v) is 10.1. The normalized spacial score (nSPS) is 12.5. The number of benzene rings is 1. The van der Waals surface area contributed by atoms with Gasteiger partial charge in [0.05, 0.1) is 5.69 Å². The molecule has 6 heteroatoms. The molecule has 0 aliphatic rings. The van der Waals surface area contributed by atoms with Gasteiger partial charge in [0.2, 0.25) is 5.12 Å². The highest BCUT2D eigenvalue weighted by atomic mass is 35.5. The average molecular weight is 264 g/mol. The standard InChI is InChI=1S/C10H11ClFNO2S/c1-16-10(15)9(14)3-5-2-8(13)7(12)4-6(5)11/h2,4,9,14H,3,13H2,1H3. The molecule has 1 rings (SSSR count). The molecule has 1 unspecified atom stereocenters. The van der Waals surface area contributed by atoms with E-state index in [1.54, 1.807) is 6.26 Å². The van der Waals surface area contributed by atoms with E-state index in [4.69, 9.17) is 17.3 Å². The second-order valence-corrected chi connectivity index (χ2v) is 4.43. The summed E-state index contributed by atoms with van der Waals surface area (Å²) >= 11 is 6.70. The van der Waals surface area contributed by atoms with Crippen molar-refractivity contribution in [1.29, 1.82) is 0 Å². The first-order valence-electron chi connectivity index (χ1n) is 4.45. The number of nitrogens with two attached hydrogens (primary N) is 1. The Bertz CT molecular complexity index is 414. The summed E-state index contributed by atoms with van der Waals surface area (Å²) in [5, 5.41) is 9.28. The van der Waals surface area contributed by atoms with Gasteiger partial charge in [0.1, 0.15) is 11.9 Å². The van der Waals surface area contributed by atoms with Crippen LogP contribution in [0.1, 0.15) is 5.56 Å². The Balaban J connectivity index is 2.89. The van der Waals surface area contributed by atoms with Crippen molar-refractivity contribution in [1.82, 2.24) is 0 Å². The maximum atomic E-state index is 13.0. The molecule has 1 aromatic rings. The third kappa shape index (κ3) is 3.10. The van der Waals surface area contributed by atoms with Crippen LogP contribution in [0, 0.1) is 5.82 Å². The van der Waals surface area contributed by atoms with Crippen LogP contribution in [0.25, 0.3) is 0 Å². The van der Waals surface area contributed by atoms with Crippen LogP contribution in [-0.4, -0.2) is 22.6 Å². The minimum Gasteiger partial charge on any atom is -0.396 e. The first-order chi connectivity index (χ1) is 7.45. The molecule has 0 aliphatic carbocycles. The second kappa shape index (κ2) is 5.52. The second-order valence-electron chi connectivity index (χ2n) is 3.21. The first kappa shape index (κ1) is 13.3. The minimum atomic E-state index is -1.16. The summed E-state index contributed by atoms with van der Waals surface area (Å²) in [5.74, 6) is -0.612. The average Bonchev–Trinajstić information content (AvgIpc) is 2.24. The molecule has 0 radical (unpaired) electrons. The van der Waals surface area contributed by atoms with Crippen LogP contribution in [0.4, 0.5) is 10.1 Å². The third-order valence-corrected chi connectivity index (χ3v) is 3.08. The Hall–Kier alpha value is -0.780. The summed E-state index contributed by atoms with van der Waals surface area (Å²) in [6.45, 7) is 0. The van der Waals surface area contributed by atoms with E-state index in [9.17, 15) is 14.3 Å². The summed E-state index contributed by atoms with van der Waals surface area (Å²) in [6, 6.07) is 2.40. The highest BCUT2D eigenvalue weighted by Gasteiger charge is 2.17. The van der Waals surface area contributed by atoms with Gasteiger partial charge < -0.3 is 10.8 Å². The lowest BCUT2D eigenvalue weighted by atomic mass is 10.1. The zero-order chi connectivity index (χ0) is 12.3. The van der Waals surface area contributed by atoms with Crippen molar-refractivity contribution in [3.63, 3.8) is 0 Å². The molecule has 1 atom stereocenters. The smallest absolute Gasteiger partial charge is 0.217 e. The molecule has 3 N–H and O–H groups in total. The monoisotopic (exact) mass is 263 g/mol. The molecule has 0 saturated carbocycles. The highest BCUT2D eigenvalue weighted by Crippen LogP contribution is 2.24. The lowest BCUT2D eigenvalue weighted by Gasteiger charge is -2.10. The predicted molar refractivity (Wildman–Crippen MR) is 64.1 cm³/mol. The molecular weight excluding hydrogens is 253 g/mol. The number of hydrogen-bond acceptors (Lipinski definition) is 4. The molecule has 0 aromatic heterocycles. The number of halogens is 2. The Labute approximate surface area is 102 Å². The van der Waals surface area contributed by atoms with E-state index in [-0.39, 0.29) is 22.2 Å². The van der Waals surface area contributed by atoms with E-state index in [0.29, 0.717) is 5.56 Å². The van der Waals surface area contributed by atoms with E-state index >= 15 is 0 Å². The number of thioether (sulfide) groups is 1. The van der Waals surface area contributed by atoms with Crippen LogP contribution >= 0.6 is 23.4 Å². The summed E-state index contributed by atoms with van der Waals surface area (Å²) in [7, 11) is 0. The van der Waals surface area contributed by atoms with Gasteiger partial charge in [0.25, 0.3) is 0 Å². The van der Waals surface area contributed by atoms with Crippen LogP contribution in [0.2, 0.25) is 5.02 Å². The predicted octanol–water partition coefficient (Wildman–Crippen LogP) is 1.85. The van der Waals surface area contributed by atoms with Crippen LogP contribution in [0.3, 0.4) is 0 Å². The van der Waals surface area contributed by atoms with E-state index in [2.05, 4.69) is 0 Å². The number of carbonyl (C=O) groups is 1. The van der Waals surface area contributed by atoms with Crippen molar-refractivity contribution >= 4 is 34.2 Å². The summed E-state index contributed by atoms with van der Waals surface area (Å²) < 4.78 is 13.0. The number of rotatable bonds is 3. The fourth-order valence-corrected chi connectivity index (χ4v) is 1.78. The summed E-state index contributed by atoms with van der Waals surface area (Å²) in [5.41, 5.74) is 5.77. The molecule has 16 heavy (non-hydrogen) atoms. The third-order valence-electron chi connectivity index (χ3n) is 2.05. The molecule has 1 aromatic carbocycles. The summed E-state index contributed by atoms with van der Waals surface area (Å²) in [4.78, 5) is 11.1. The number of carbonyl (C=O) groups excluding carboxylic acids is 1. The van der Waals surface area contributed by atoms with Gasteiger partial charge in [0.15, 0.2) is 0 Å². The van der Waals surface area contributed by atoms with Gasteiger partial charge in [-0.25, -0.2) is 4.39 Å². The molecule has 0 fully saturated rings. The Morgan fingerprint density at radius 2 is 2.31 bits per heavy atom. The van der Waals surface area contributed by atoms with Gasteiger partial charge in [-0.3, -0.25) is 4.79 Å². The van der Waals surface area contributed by atoms with Gasteiger partial charge in [-0.15, -0.1) is 0 Å². The Kier molecular flexibility index (Phi) is 4.58. The van der Waals surface area contributed by atoms with Crippen molar-refractivity contribution < 1.29 is 14.3 Å². The maximum absolute atomic E-state index is 13.0. The van der Waals surface area contributed by atoms with Crippen molar-refractivity contribution in [3.05, 3.63) is 28.5 Å². The topological polar surface area (TPSA) is 63.3 Å². The van der Waals surface area contributed by atoms with Gasteiger partial charge in [-0.2, -0.15) is 0 Å². The van der Waals surface area contributed by atoms with Crippen LogP contribution in [-0.2, 0) is 11.2 Å². The number of anilines is 1. The lowest BCUT2D eigenvalue weighted by Crippen LogP contribution is -2.20. The Morgan fingerprint density at radius 1 is 1.69 bits per heavy atom. The molecule has 0 heterocycles. The lowest BCUT2D eigenvalue weighted by molar-refractivity contribution is -0.118. The molecule has 0 saturated heterocycles. The molecule has 0 spiro atoms. The van der Waals surface area contributed by atoms with Crippen LogP contribution in [0.5, 0.6) is 0 Å². The maximum Gasteiger partial charge on any atom is 0.217 e. The van der Waals surface area contributed by atoms with E-state index in [1.807, 2.05) is 0 Å². The molecule has 0 amide bonds. The van der Waals surface area contributed by atoms with Gasteiger partial charge in [-0.1, -0.05) is 23.4 Å². The largest absolute Gasteiger partial charge is 0.396 e. The minimum absolute atomic E-state index is 0.0307. The zero-order valence-electron chi connectivity index (χ0n) is 8.54. The van der Waals surface area contributed by atoms with Crippen molar-refractivity contribution in [2.45, 2.75) is 12.5 Å². The van der Waals surface area contributed by atoms with Crippen LogP contribution in [0.15, 0.2) is 12.1 Å². The number of hydrogen-bond donors (Lipinski definition) is 2. The quantitative estimate of drug-likeness (QED) is 0.817. The molecule has 0 bridgehead atoms. The van der Waals surface area contributed by atoms with Gasteiger partial charge in [-0.05, 0) is 24.0 Å². The van der Waals surface area contributed by atoms with E-state index in [0.717, 1.165) is 17.8 Å². The highest BCUT2D eigenvalue weighted by molar-refractivity contribution is 8.13. The molecule has 88 valence electrons. The molecular formula is C10H11ClFNO2S. The molecule has 0 aliphatic heterocycles. The fourth-order valence-electron chi connectivity index (χ4n) is 1.20. The summed E-state index contributed by atoms with van der Waals surface area (Å²) in [6.07, 6.45) is 0.451. The molecule has 3 nitrogen and oxygen atoms in total. The SMILES string of the molecule is CSC(=O)C(O)Cc1cc(N)c(F)cc1Cl. The van der Waals surface area contributed by atoms with Gasteiger partial charge in [0, 0.05) is 11.4 Å². The van der Waals surface area contributed by atoms with Gasteiger partial charge >= 0.3 is 0 Å². The number of aliphatic hydroxyl groups excluding tert-OH is 1. The first-order valence-corrected chi connectivity index (χ1v) is 6.05. The van der Waals surface area contributed by atoms with Crippen molar-refractivity contribution in [2.24, 2.45) is 0 Å². The van der Waals surface area contributed by atoms with E-state index < -0.39 is 11.9 Å². The number of aliphatic hydroxyl groups is 1. The number of nitrogen functional groups attached to an aromatic ring is 1. The van der Waals surface area contributed by atoms with Crippen molar-refractivity contribution in [3.8, 4) is 0 Å². The van der Waals surface area contributed by atoms with Crippen molar-refractivity contribution in [2.75, 3.05) is 12.0 Å². The Morgan fingerprint density at radius 3 is 2.88 bits per heavy atom. The van der Waals surface area contributed by atoms with Crippen LogP contribution < -0.4 is 5.73 Å². The van der Waals surface area contributed by atoms with E-state index in [1.165, 1.54) is 6.07 Å². The fraction of sp³-hybridized carbons (Fsp3) is 0.300.